The van der Waals surface area contributed by atoms with Gasteiger partial charge in [0, 0.05) is 62.6 Å². The number of amides is 2. The van der Waals surface area contributed by atoms with Crippen molar-refractivity contribution in [2.45, 2.75) is 20.4 Å². The molecule has 0 bridgehead atoms. The molecule has 2 amide bonds. The fourth-order valence-corrected chi connectivity index (χ4v) is 3.92. The third-order valence-corrected chi connectivity index (χ3v) is 5.79. The van der Waals surface area contributed by atoms with Crippen LogP contribution < -0.4 is 5.32 Å². The molecule has 146 valence electrons. The molecule has 2 aromatic carbocycles. The molecule has 5 nitrogen and oxygen atoms in total. The Morgan fingerprint density at radius 1 is 1.00 bits per heavy atom. The second-order valence-electron chi connectivity index (χ2n) is 7.77. The topological polar surface area (TPSA) is 40.5 Å². The number of carbonyl (C=O) groups is 1. The molecule has 1 aliphatic rings. The number of nitrogens with zero attached hydrogens (tertiary/aromatic N) is 3. The Kier molecular flexibility index (Phi) is 5.09. The molecular weight excluding hydrogens is 348 g/mol. The number of aromatic nitrogens is 1. The fraction of sp³-hybridized carbons (Fsp3) is 0.348. The SMILES string of the molecule is Cc1ccc(NC(=O)N2CCN(Cc3cn(C)c4ccccc34)CC2)cc1C. The third-order valence-electron chi connectivity index (χ3n) is 5.79. The zero-order valence-electron chi connectivity index (χ0n) is 16.9. The Labute approximate surface area is 166 Å². The van der Waals surface area contributed by atoms with Crippen LogP contribution in [0.25, 0.3) is 10.9 Å². The van der Waals surface area contributed by atoms with Crippen molar-refractivity contribution in [2.24, 2.45) is 7.05 Å². The van der Waals surface area contributed by atoms with Crippen molar-refractivity contribution in [3.8, 4) is 0 Å². The number of anilines is 1. The number of fused-ring (bicyclic) bond motifs is 1. The van der Waals surface area contributed by atoms with Gasteiger partial charge in [0.2, 0.25) is 0 Å². The van der Waals surface area contributed by atoms with E-state index in [1.807, 2.05) is 23.1 Å². The maximum Gasteiger partial charge on any atom is 0.321 e. The first-order valence-corrected chi connectivity index (χ1v) is 9.90. The van der Waals surface area contributed by atoms with E-state index in [1.165, 1.54) is 27.6 Å². The van der Waals surface area contributed by atoms with Crippen molar-refractivity contribution >= 4 is 22.6 Å². The van der Waals surface area contributed by atoms with E-state index in [0.29, 0.717) is 0 Å². The van der Waals surface area contributed by atoms with Gasteiger partial charge in [-0.2, -0.15) is 0 Å². The van der Waals surface area contributed by atoms with Crippen LogP contribution in [-0.2, 0) is 13.6 Å². The van der Waals surface area contributed by atoms with Crippen molar-refractivity contribution in [3.63, 3.8) is 0 Å². The molecule has 1 aromatic heterocycles. The normalized spacial score (nSPS) is 15.2. The number of hydrogen-bond donors (Lipinski definition) is 1. The number of para-hydroxylation sites is 1. The molecule has 5 heteroatoms. The molecule has 1 N–H and O–H groups in total. The first-order valence-electron chi connectivity index (χ1n) is 9.90. The van der Waals surface area contributed by atoms with Gasteiger partial charge < -0.3 is 14.8 Å². The van der Waals surface area contributed by atoms with E-state index in [-0.39, 0.29) is 6.03 Å². The summed E-state index contributed by atoms with van der Waals surface area (Å²) in [6.07, 6.45) is 2.23. The van der Waals surface area contributed by atoms with Gasteiger partial charge in [0.1, 0.15) is 0 Å². The molecule has 0 unspecified atom stereocenters. The first-order chi connectivity index (χ1) is 13.5. The highest BCUT2D eigenvalue weighted by molar-refractivity contribution is 5.89. The Morgan fingerprint density at radius 2 is 1.75 bits per heavy atom. The van der Waals surface area contributed by atoms with E-state index in [4.69, 9.17) is 0 Å². The van der Waals surface area contributed by atoms with E-state index < -0.39 is 0 Å². The lowest BCUT2D eigenvalue weighted by Gasteiger charge is -2.34. The maximum absolute atomic E-state index is 12.6. The van der Waals surface area contributed by atoms with E-state index in [9.17, 15) is 4.79 Å². The van der Waals surface area contributed by atoms with E-state index >= 15 is 0 Å². The molecule has 0 atom stereocenters. The van der Waals surface area contributed by atoms with Gasteiger partial charge in [0.15, 0.2) is 0 Å². The van der Waals surface area contributed by atoms with Gasteiger partial charge in [0.05, 0.1) is 0 Å². The molecule has 0 radical (unpaired) electrons. The van der Waals surface area contributed by atoms with Crippen LogP contribution in [0.4, 0.5) is 10.5 Å². The largest absolute Gasteiger partial charge is 0.350 e. The minimum absolute atomic E-state index is 0.00642. The Hall–Kier alpha value is -2.79. The average molecular weight is 377 g/mol. The van der Waals surface area contributed by atoms with Crippen molar-refractivity contribution in [3.05, 3.63) is 65.4 Å². The molecular formula is C23H28N4O. The molecule has 2 heterocycles. The zero-order valence-corrected chi connectivity index (χ0v) is 16.9. The monoisotopic (exact) mass is 376 g/mol. The van der Waals surface area contributed by atoms with Crippen LogP contribution in [0, 0.1) is 13.8 Å². The van der Waals surface area contributed by atoms with Gasteiger partial charge >= 0.3 is 6.03 Å². The lowest BCUT2D eigenvalue weighted by Crippen LogP contribution is -2.49. The molecule has 3 aromatic rings. The van der Waals surface area contributed by atoms with Gasteiger partial charge in [-0.05, 0) is 48.7 Å². The molecule has 4 rings (SSSR count). The number of urea groups is 1. The second-order valence-corrected chi connectivity index (χ2v) is 7.77. The summed E-state index contributed by atoms with van der Waals surface area (Å²) in [7, 11) is 2.10. The summed E-state index contributed by atoms with van der Waals surface area (Å²) in [4.78, 5) is 16.9. The molecule has 0 aliphatic carbocycles. The minimum Gasteiger partial charge on any atom is -0.350 e. The molecule has 0 saturated carbocycles. The van der Waals surface area contributed by atoms with Crippen LogP contribution >= 0.6 is 0 Å². The molecule has 28 heavy (non-hydrogen) atoms. The summed E-state index contributed by atoms with van der Waals surface area (Å²) in [5.74, 6) is 0. The number of benzene rings is 2. The fourth-order valence-electron chi connectivity index (χ4n) is 3.92. The van der Waals surface area contributed by atoms with Crippen LogP contribution in [0.5, 0.6) is 0 Å². The average Bonchev–Trinajstić information content (AvgIpc) is 3.01. The van der Waals surface area contributed by atoms with Crippen molar-refractivity contribution in [1.82, 2.24) is 14.4 Å². The van der Waals surface area contributed by atoms with Gasteiger partial charge in [-0.15, -0.1) is 0 Å². The van der Waals surface area contributed by atoms with E-state index in [2.05, 4.69) is 66.1 Å². The highest BCUT2D eigenvalue weighted by Crippen LogP contribution is 2.22. The van der Waals surface area contributed by atoms with Crippen LogP contribution in [0.2, 0.25) is 0 Å². The summed E-state index contributed by atoms with van der Waals surface area (Å²) >= 11 is 0. The van der Waals surface area contributed by atoms with Gasteiger partial charge in [-0.3, -0.25) is 4.90 Å². The maximum atomic E-state index is 12.6. The van der Waals surface area contributed by atoms with Crippen molar-refractivity contribution in [2.75, 3.05) is 31.5 Å². The highest BCUT2D eigenvalue weighted by Gasteiger charge is 2.22. The molecule has 0 spiro atoms. The second kappa shape index (κ2) is 7.68. The number of carbonyl (C=O) groups excluding carboxylic acids is 1. The van der Waals surface area contributed by atoms with E-state index in [1.54, 1.807) is 0 Å². The predicted octanol–water partition coefficient (Wildman–Crippen LogP) is 4.14. The molecule has 1 aliphatic heterocycles. The standard InChI is InChI=1S/C23H28N4O/c1-17-8-9-20(14-18(17)2)24-23(28)27-12-10-26(11-13-27)16-19-15-25(3)22-7-5-4-6-21(19)22/h4-9,14-15H,10-13,16H2,1-3H3,(H,24,28). The van der Waals surface area contributed by atoms with Crippen molar-refractivity contribution < 1.29 is 4.79 Å². The minimum atomic E-state index is -0.00642. The smallest absolute Gasteiger partial charge is 0.321 e. The number of rotatable bonds is 3. The predicted molar refractivity (Wildman–Crippen MR) is 115 cm³/mol. The van der Waals surface area contributed by atoms with Crippen LogP contribution in [-0.4, -0.2) is 46.6 Å². The lowest BCUT2D eigenvalue weighted by molar-refractivity contribution is 0.143. The van der Waals surface area contributed by atoms with Crippen LogP contribution in [0.1, 0.15) is 16.7 Å². The summed E-state index contributed by atoms with van der Waals surface area (Å²) < 4.78 is 2.19. The summed E-state index contributed by atoms with van der Waals surface area (Å²) in [6.45, 7) is 8.36. The third kappa shape index (κ3) is 3.76. The molecule has 1 fully saturated rings. The Balaban J connectivity index is 1.35. The van der Waals surface area contributed by atoms with E-state index in [0.717, 1.165) is 38.4 Å². The summed E-state index contributed by atoms with van der Waals surface area (Å²) in [6, 6.07) is 14.6. The number of aryl methyl sites for hydroxylation is 3. The Bertz CT molecular complexity index is 999. The number of piperazine rings is 1. The van der Waals surface area contributed by atoms with Gasteiger partial charge in [0.25, 0.3) is 0 Å². The highest BCUT2D eigenvalue weighted by atomic mass is 16.2. The van der Waals surface area contributed by atoms with Crippen LogP contribution in [0.15, 0.2) is 48.7 Å². The van der Waals surface area contributed by atoms with Gasteiger partial charge in [-0.1, -0.05) is 24.3 Å². The lowest BCUT2D eigenvalue weighted by atomic mass is 10.1. The van der Waals surface area contributed by atoms with Crippen molar-refractivity contribution in [1.29, 1.82) is 0 Å². The zero-order chi connectivity index (χ0) is 19.7. The first kappa shape index (κ1) is 18.6. The summed E-state index contributed by atoms with van der Waals surface area (Å²) in [5, 5.41) is 4.36. The summed E-state index contributed by atoms with van der Waals surface area (Å²) in [5.41, 5.74) is 5.92. The number of nitrogens with one attached hydrogen (secondary N) is 1. The Morgan fingerprint density at radius 3 is 2.50 bits per heavy atom. The number of hydrogen-bond acceptors (Lipinski definition) is 2. The van der Waals surface area contributed by atoms with Crippen LogP contribution in [0.3, 0.4) is 0 Å². The quantitative estimate of drug-likeness (QED) is 0.746. The molecule has 1 saturated heterocycles. The van der Waals surface area contributed by atoms with Gasteiger partial charge in [-0.25, -0.2) is 4.79 Å².